The molecule has 0 radical (unpaired) electrons. The summed E-state index contributed by atoms with van der Waals surface area (Å²) in [6, 6.07) is 9.01. The highest BCUT2D eigenvalue weighted by atomic mass is 16.4. The predicted octanol–water partition coefficient (Wildman–Crippen LogP) is 3.21. The van der Waals surface area contributed by atoms with Gasteiger partial charge in [-0.1, -0.05) is 70.4 Å². The molecular weight excluding hydrogens is 682 g/mol. The van der Waals surface area contributed by atoms with Crippen molar-refractivity contribution in [2.24, 2.45) is 11.7 Å². The van der Waals surface area contributed by atoms with Gasteiger partial charge >= 0.3 is 12.0 Å². The van der Waals surface area contributed by atoms with Gasteiger partial charge in [-0.3, -0.25) is 28.8 Å². The third kappa shape index (κ3) is 12.9. The monoisotopic (exact) mass is 735 g/mol. The average molecular weight is 736 g/mol. The normalized spacial score (nSPS) is 16.2. The van der Waals surface area contributed by atoms with Gasteiger partial charge in [-0.05, 0) is 67.9 Å². The second-order valence-electron chi connectivity index (χ2n) is 13.5. The number of carboxylic acid groups (broad SMARTS) is 1. The lowest BCUT2D eigenvalue weighted by Crippen LogP contribution is -2.61. The van der Waals surface area contributed by atoms with Gasteiger partial charge in [0.05, 0.1) is 12.8 Å². The lowest BCUT2D eigenvalue weighted by atomic mass is 9.94. The number of aryl methyl sites for hydroxylation is 1. The number of nitrogens with zero attached hydrogens (tertiary/aromatic N) is 1. The number of aliphatic carboxylic acids is 1. The van der Waals surface area contributed by atoms with Crippen LogP contribution in [0, 0.1) is 12.8 Å². The van der Waals surface area contributed by atoms with Gasteiger partial charge < -0.3 is 42.3 Å². The molecule has 1 saturated heterocycles. The van der Waals surface area contributed by atoms with E-state index in [0.29, 0.717) is 49.0 Å². The molecule has 0 aromatic heterocycles. The maximum atomic E-state index is 13.7. The number of nitrogens with two attached hydrogens (primary N) is 1. The van der Waals surface area contributed by atoms with E-state index in [-0.39, 0.29) is 25.3 Å². The molecule has 1 aliphatic heterocycles. The molecule has 288 valence electrons. The summed E-state index contributed by atoms with van der Waals surface area (Å²) in [5.74, 6) is -5.00. The fourth-order valence-electron chi connectivity index (χ4n) is 6.07. The molecular formula is C38H53N7O8. The minimum Gasteiger partial charge on any atom is -0.481 e. The molecule has 15 nitrogen and oxygen atoms in total. The summed E-state index contributed by atoms with van der Waals surface area (Å²) in [5.41, 5.74) is 8.27. The number of hydrogen-bond acceptors (Lipinski definition) is 7. The Hall–Kier alpha value is -5.47. The maximum absolute atomic E-state index is 13.7. The van der Waals surface area contributed by atoms with E-state index in [4.69, 9.17) is 5.73 Å². The number of nitrogens with one attached hydrogen (secondary N) is 5. The summed E-state index contributed by atoms with van der Waals surface area (Å²) < 4.78 is 0. The SMILES string of the molecule is CCCC[C@H](NC(=O)Cc1ccc(NC(=O)Nc2ccccc2C)cc1)C(=O)N[C@@H](CC(=O)O)C(=O)N[C@H](C(=O)N1CCCC[C@H]1C(N)=O)C(C)CC. The van der Waals surface area contributed by atoms with Crippen molar-refractivity contribution in [2.75, 3.05) is 17.2 Å². The van der Waals surface area contributed by atoms with Gasteiger partial charge in [-0.2, -0.15) is 0 Å². The van der Waals surface area contributed by atoms with Gasteiger partial charge in [-0.25, -0.2) is 4.79 Å². The van der Waals surface area contributed by atoms with Crippen molar-refractivity contribution >= 4 is 52.9 Å². The fourth-order valence-corrected chi connectivity index (χ4v) is 6.07. The molecule has 15 heteroatoms. The van der Waals surface area contributed by atoms with E-state index in [1.54, 1.807) is 37.3 Å². The molecule has 53 heavy (non-hydrogen) atoms. The number of primary amides is 1. The first-order valence-electron chi connectivity index (χ1n) is 18.2. The van der Waals surface area contributed by atoms with E-state index in [1.165, 1.54) is 4.90 Å². The average Bonchev–Trinajstić information content (AvgIpc) is 3.12. The molecule has 2 aromatic carbocycles. The Morgan fingerprint density at radius 2 is 1.57 bits per heavy atom. The standard InChI is InChI=1S/C38H53N7O8/c1-5-7-13-28(41-31(46)21-25-16-18-26(19-17-25)40-38(53)43-27-14-9-8-12-24(27)4)35(50)42-29(22-32(47)48)36(51)44-33(23(3)6-2)37(52)45-20-11-10-15-30(45)34(39)49/h8-9,12,14,16-19,23,28-30,33H,5-7,10-11,13,15,20-22H2,1-4H3,(H2,39,49)(H,41,46)(H,42,50)(H,44,51)(H,47,48)(H2,40,43,53)/t23?,28-,29-,30-,33-/m0/s1. The fraction of sp³-hybridized carbons (Fsp3) is 0.500. The molecule has 0 bridgehead atoms. The Balaban J connectivity index is 1.67. The van der Waals surface area contributed by atoms with E-state index in [1.807, 2.05) is 39.0 Å². The van der Waals surface area contributed by atoms with Crippen molar-refractivity contribution in [3.63, 3.8) is 0 Å². The van der Waals surface area contributed by atoms with Crippen molar-refractivity contribution < 1.29 is 38.7 Å². The van der Waals surface area contributed by atoms with Gasteiger partial charge in [0, 0.05) is 17.9 Å². The first-order chi connectivity index (χ1) is 25.2. The van der Waals surface area contributed by atoms with Crippen LogP contribution in [0.1, 0.15) is 83.3 Å². The summed E-state index contributed by atoms with van der Waals surface area (Å²) in [6.07, 6.45) is 2.89. The van der Waals surface area contributed by atoms with Crippen LogP contribution in [0.2, 0.25) is 0 Å². The minimum atomic E-state index is -1.56. The molecule has 0 saturated carbocycles. The largest absolute Gasteiger partial charge is 0.481 e. The molecule has 3 rings (SSSR count). The summed E-state index contributed by atoms with van der Waals surface area (Å²) in [4.78, 5) is 91.7. The number of likely N-dealkylation sites (tertiary alicyclic amines) is 1. The summed E-state index contributed by atoms with van der Waals surface area (Å²) in [6.45, 7) is 7.65. The minimum absolute atomic E-state index is 0.0911. The van der Waals surface area contributed by atoms with Crippen LogP contribution in [0.4, 0.5) is 16.2 Å². The lowest BCUT2D eigenvalue weighted by Gasteiger charge is -2.38. The number of unbranched alkanes of at least 4 members (excludes halogenated alkanes) is 1. The van der Waals surface area contributed by atoms with Gasteiger partial charge in [0.1, 0.15) is 24.2 Å². The van der Waals surface area contributed by atoms with Crippen LogP contribution in [0.3, 0.4) is 0 Å². The Morgan fingerprint density at radius 3 is 2.19 bits per heavy atom. The Kier molecular flexibility index (Phi) is 16.3. The predicted molar refractivity (Wildman–Crippen MR) is 200 cm³/mol. The van der Waals surface area contributed by atoms with Crippen LogP contribution >= 0.6 is 0 Å². The Labute approximate surface area is 310 Å². The summed E-state index contributed by atoms with van der Waals surface area (Å²) in [7, 11) is 0. The molecule has 1 heterocycles. The molecule has 5 atom stereocenters. The van der Waals surface area contributed by atoms with Crippen LogP contribution in [-0.2, 0) is 35.2 Å². The van der Waals surface area contributed by atoms with Crippen LogP contribution in [0.15, 0.2) is 48.5 Å². The topological polar surface area (TPSA) is 229 Å². The van der Waals surface area contributed by atoms with Gasteiger partial charge in [-0.15, -0.1) is 0 Å². The molecule has 8 N–H and O–H groups in total. The van der Waals surface area contributed by atoms with E-state index >= 15 is 0 Å². The Morgan fingerprint density at radius 1 is 0.887 bits per heavy atom. The number of urea groups is 1. The summed E-state index contributed by atoms with van der Waals surface area (Å²) >= 11 is 0. The molecule has 1 fully saturated rings. The number of anilines is 2. The highest BCUT2D eigenvalue weighted by Gasteiger charge is 2.38. The molecule has 0 spiro atoms. The van der Waals surface area contributed by atoms with Gasteiger partial charge in [0.2, 0.25) is 29.5 Å². The first kappa shape index (κ1) is 41.9. The van der Waals surface area contributed by atoms with Crippen molar-refractivity contribution in [1.82, 2.24) is 20.9 Å². The van der Waals surface area contributed by atoms with E-state index in [9.17, 15) is 38.7 Å². The number of rotatable bonds is 18. The highest BCUT2D eigenvalue weighted by molar-refractivity contribution is 6.00. The molecule has 2 aromatic rings. The number of para-hydroxylation sites is 1. The lowest BCUT2D eigenvalue weighted by molar-refractivity contribution is -0.146. The number of carbonyl (C=O) groups is 7. The van der Waals surface area contributed by atoms with Crippen molar-refractivity contribution in [3.05, 3.63) is 59.7 Å². The smallest absolute Gasteiger partial charge is 0.323 e. The zero-order valence-electron chi connectivity index (χ0n) is 30.9. The number of amides is 7. The maximum Gasteiger partial charge on any atom is 0.323 e. The van der Waals surface area contributed by atoms with Crippen LogP contribution in [0.5, 0.6) is 0 Å². The third-order valence-corrected chi connectivity index (χ3v) is 9.37. The zero-order valence-corrected chi connectivity index (χ0v) is 30.9. The zero-order chi connectivity index (χ0) is 39.1. The molecule has 7 amide bonds. The number of hydrogen-bond donors (Lipinski definition) is 7. The molecule has 0 aliphatic carbocycles. The van der Waals surface area contributed by atoms with Gasteiger partial charge in [0.15, 0.2) is 0 Å². The second-order valence-corrected chi connectivity index (χ2v) is 13.5. The highest BCUT2D eigenvalue weighted by Crippen LogP contribution is 2.21. The van der Waals surface area contributed by atoms with Crippen molar-refractivity contribution in [3.8, 4) is 0 Å². The van der Waals surface area contributed by atoms with Crippen molar-refractivity contribution in [2.45, 2.75) is 110 Å². The van der Waals surface area contributed by atoms with Gasteiger partial charge in [0.25, 0.3) is 0 Å². The van der Waals surface area contributed by atoms with Crippen LogP contribution < -0.4 is 32.3 Å². The number of benzene rings is 2. The van der Waals surface area contributed by atoms with Crippen molar-refractivity contribution in [1.29, 1.82) is 0 Å². The van der Waals surface area contributed by atoms with Crippen LogP contribution in [-0.4, -0.2) is 82.3 Å². The first-order valence-corrected chi connectivity index (χ1v) is 18.2. The Bertz CT molecular complexity index is 1620. The number of carbonyl (C=O) groups excluding carboxylic acids is 6. The molecule has 1 aliphatic rings. The third-order valence-electron chi connectivity index (χ3n) is 9.37. The van der Waals surface area contributed by atoms with E-state index in [0.717, 1.165) is 12.0 Å². The summed E-state index contributed by atoms with van der Waals surface area (Å²) in [5, 5.41) is 23.0. The van der Waals surface area contributed by atoms with E-state index in [2.05, 4.69) is 26.6 Å². The quantitative estimate of drug-likeness (QED) is 0.120. The number of piperidine rings is 1. The second kappa shape index (κ2) is 20.5. The number of carboxylic acids is 1. The van der Waals surface area contributed by atoms with E-state index < -0.39 is 72.1 Å². The molecule has 1 unspecified atom stereocenters. The van der Waals surface area contributed by atoms with Crippen LogP contribution in [0.25, 0.3) is 0 Å².